The Morgan fingerprint density at radius 3 is 2.51 bits per heavy atom. The average molecular weight is 541 g/mol. The standard InChI is InChI=1S/C23H24F4N6O3S/c1-12-9-18(31-28-11-12)13-3-5-14(6-4-13)29-21-32-33-22(37-21)30-20(34)19(35-2)16-10-15(7-8-17(16)24)36-23(25,26)27/h7-11,13-14,19H,3-6H2,1-2H3,(H,29,32)(H,30,33,34)/t13-,14-,19-/m0/s1. The minimum atomic E-state index is -4.97. The molecule has 1 aliphatic rings. The second-order valence-corrected chi connectivity index (χ2v) is 9.58. The molecular formula is C23H24F4N6O3S. The zero-order valence-corrected chi connectivity index (χ0v) is 20.7. The van der Waals surface area contributed by atoms with Crippen molar-refractivity contribution >= 4 is 27.5 Å². The lowest BCUT2D eigenvalue weighted by Gasteiger charge is -2.28. The molecule has 0 radical (unpaired) electrons. The fourth-order valence-corrected chi connectivity index (χ4v) is 4.92. The predicted molar refractivity (Wildman–Crippen MR) is 127 cm³/mol. The third-order valence-corrected chi connectivity index (χ3v) is 6.67. The summed E-state index contributed by atoms with van der Waals surface area (Å²) < 4.78 is 60.8. The zero-order valence-electron chi connectivity index (χ0n) is 19.9. The van der Waals surface area contributed by atoms with Crippen molar-refractivity contribution in [2.75, 3.05) is 17.7 Å². The number of aryl methyl sites for hydroxylation is 1. The molecule has 0 saturated heterocycles. The third kappa shape index (κ3) is 7.10. The fourth-order valence-electron chi connectivity index (χ4n) is 4.19. The van der Waals surface area contributed by atoms with Crippen molar-refractivity contribution in [3.63, 3.8) is 0 Å². The molecule has 9 nitrogen and oxygen atoms in total. The van der Waals surface area contributed by atoms with Crippen LogP contribution in [0.3, 0.4) is 0 Å². The molecule has 0 spiro atoms. The molecule has 14 heteroatoms. The average Bonchev–Trinajstić information content (AvgIpc) is 3.27. The van der Waals surface area contributed by atoms with Gasteiger partial charge in [-0.2, -0.15) is 10.2 Å². The maximum Gasteiger partial charge on any atom is 0.573 e. The van der Waals surface area contributed by atoms with Crippen LogP contribution in [0.5, 0.6) is 5.75 Å². The van der Waals surface area contributed by atoms with Crippen molar-refractivity contribution in [3.8, 4) is 5.75 Å². The van der Waals surface area contributed by atoms with Gasteiger partial charge in [-0.3, -0.25) is 10.1 Å². The largest absolute Gasteiger partial charge is 0.573 e. The number of nitrogens with zero attached hydrogens (tertiary/aromatic N) is 4. The molecular weight excluding hydrogens is 516 g/mol. The summed E-state index contributed by atoms with van der Waals surface area (Å²) in [6.45, 7) is 1.99. The van der Waals surface area contributed by atoms with Gasteiger partial charge in [0.1, 0.15) is 11.6 Å². The highest BCUT2D eigenvalue weighted by atomic mass is 32.1. The maximum atomic E-state index is 14.3. The summed E-state index contributed by atoms with van der Waals surface area (Å²) >= 11 is 1.08. The van der Waals surface area contributed by atoms with Crippen LogP contribution in [-0.2, 0) is 9.53 Å². The molecule has 1 aliphatic carbocycles. The van der Waals surface area contributed by atoms with Crippen LogP contribution in [0.15, 0.2) is 30.5 Å². The first kappa shape index (κ1) is 26.7. The van der Waals surface area contributed by atoms with E-state index in [2.05, 4.69) is 41.8 Å². The third-order valence-electron chi connectivity index (χ3n) is 5.90. The number of ether oxygens (including phenoxy) is 2. The Balaban J connectivity index is 1.34. The number of amides is 1. The first-order valence-electron chi connectivity index (χ1n) is 11.4. The molecule has 3 aromatic rings. The minimum absolute atomic E-state index is 0.126. The minimum Gasteiger partial charge on any atom is -0.406 e. The lowest BCUT2D eigenvalue weighted by molar-refractivity contribution is -0.274. The normalized spacial score (nSPS) is 18.8. The van der Waals surface area contributed by atoms with Crippen LogP contribution >= 0.6 is 11.3 Å². The fraction of sp³-hybridized carbons (Fsp3) is 0.435. The van der Waals surface area contributed by atoms with Gasteiger partial charge in [0.25, 0.3) is 5.91 Å². The quantitative estimate of drug-likeness (QED) is 0.378. The van der Waals surface area contributed by atoms with Crippen molar-refractivity contribution < 1.29 is 31.8 Å². The van der Waals surface area contributed by atoms with Crippen LogP contribution in [0.1, 0.15) is 54.5 Å². The van der Waals surface area contributed by atoms with E-state index in [1.165, 1.54) is 0 Å². The molecule has 198 valence electrons. The summed E-state index contributed by atoms with van der Waals surface area (Å²) in [6.07, 6.45) is -1.12. The highest BCUT2D eigenvalue weighted by molar-refractivity contribution is 7.19. The van der Waals surface area contributed by atoms with Gasteiger partial charge in [0, 0.05) is 24.6 Å². The van der Waals surface area contributed by atoms with Gasteiger partial charge in [-0.1, -0.05) is 11.3 Å². The number of rotatable bonds is 8. The predicted octanol–water partition coefficient (Wildman–Crippen LogP) is 5.14. The smallest absolute Gasteiger partial charge is 0.406 e. The Kier molecular flexibility index (Phi) is 8.17. The van der Waals surface area contributed by atoms with E-state index in [-0.39, 0.29) is 11.2 Å². The Morgan fingerprint density at radius 2 is 1.84 bits per heavy atom. The molecule has 0 unspecified atom stereocenters. The summed E-state index contributed by atoms with van der Waals surface area (Å²) in [7, 11) is 1.13. The molecule has 1 fully saturated rings. The number of hydrogen-bond acceptors (Lipinski definition) is 9. The molecule has 2 aromatic heterocycles. The van der Waals surface area contributed by atoms with Crippen molar-refractivity contribution in [2.45, 2.75) is 57.0 Å². The number of methoxy groups -OCH3 is 1. The first-order valence-corrected chi connectivity index (χ1v) is 12.2. The summed E-state index contributed by atoms with van der Waals surface area (Å²) in [6, 6.07) is 4.57. The van der Waals surface area contributed by atoms with E-state index < -0.39 is 35.5 Å². The summed E-state index contributed by atoms with van der Waals surface area (Å²) in [5.74, 6) is -2.08. The number of carbonyl (C=O) groups is 1. The van der Waals surface area contributed by atoms with Gasteiger partial charge in [0.15, 0.2) is 6.10 Å². The molecule has 4 rings (SSSR count). The zero-order chi connectivity index (χ0) is 26.6. The number of aromatic nitrogens is 4. The molecule has 0 aliphatic heterocycles. The molecule has 1 saturated carbocycles. The van der Waals surface area contributed by atoms with Gasteiger partial charge < -0.3 is 14.8 Å². The van der Waals surface area contributed by atoms with Gasteiger partial charge in [-0.15, -0.1) is 23.4 Å². The second-order valence-electron chi connectivity index (χ2n) is 8.60. The van der Waals surface area contributed by atoms with Gasteiger partial charge in [-0.25, -0.2) is 4.39 Å². The van der Waals surface area contributed by atoms with Crippen molar-refractivity contribution in [3.05, 3.63) is 53.1 Å². The number of alkyl halides is 3. The number of anilines is 2. The monoisotopic (exact) mass is 540 g/mol. The molecule has 1 aromatic carbocycles. The summed E-state index contributed by atoms with van der Waals surface area (Å²) in [4.78, 5) is 12.7. The summed E-state index contributed by atoms with van der Waals surface area (Å²) in [5.41, 5.74) is 1.66. The van der Waals surface area contributed by atoms with Crippen molar-refractivity contribution in [1.29, 1.82) is 0 Å². The summed E-state index contributed by atoms with van der Waals surface area (Å²) in [5, 5.41) is 22.7. The molecule has 1 amide bonds. The molecule has 2 heterocycles. The number of benzene rings is 1. The maximum absolute atomic E-state index is 14.3. The highest BCUT2D eigenvalue weighted by Gasteiger charge is 2.32. The molecule has 1 atom stereocenters. The van der Waals surface area contributed by atoms with E-state index in [1.54, 1.807) is 6.20 Å². The first-order chi connectivity index (χ1) is 17.6. The van der Waals surface area contributed by atoms with E-state index in [9.17, 15) is 22.4 Å². The number of nitrogens with one attached hydrogen (secondary N) is 2. The van der Waals surface area contributed by atoms with Crippen LogP contribution in [-0.4, -0.2) is 45.8 Å². The van der Waals surface area contributed by atoms with Crippen LogP contribution in [0.25, 0.3) is 0 Å². The van der Waals surface area contributed by atoms with Gasteiger partial charge in [0.05, 0.1) is 11.9 Å². The van der Waals surface area contributed by atoms with Gasteiger partial charge in [0.2, 0.25) is 10.3 Å². The lowest BCUT2D eigenvalue weighted by Crippen LogP contribution is -2.25. The topological polar surface area (TPSA) is 111 Å². The van der Waals surface area contributed by atoms with E-state index in [0.29, 0.717) is 11.0 Å². The van der Waals surface area contributed by atoms with Crippen molar-refractivity contribution in [1.82, 2.24) is 20.4 Å². The van der Waals surface area contributed by atoms with Crippen LogP contribution < -0.4 is 15.4 Å². The Hall–Kier alpha value is -3.39. The van der Waals surface area contributed by atoms with E-state index >= 15 is 0 Å². The SMILES string of the molecule is CO[C@H](C(=O)Nc1nnc(N[C@H]2CC[C@H](c3cc(C)cnn3)CC2)s1)c1cc(OC(F)(F)F)ccc1F. The van der Waals surface area contributed by atoms with Crippen LogP contribution in [0, 0.1) is 12.7 Å². The molecule has 37 heavy (non-hydrogen) atoms. The second kappa shape index (κ2) is 11.3. The number of carbonyl (C=O) groups excluding carboxylic acids is 1. The highest BCUT2D eigenvalue weighted by Crippen LogP contribution is 2.34. The molecule has 2 N–H and O–H groups in total. The van der Waals surface area contributed by atoms with Crippen LogP contribution in [0.4, 0.5) is 27.8 Å². The van der Waals surface area contributed by atoms with E-state index in [0.717, 1.165) is 73.6 Å². The Bertz CT molecular complexity index is 1230. The van der Waals surface area contributed by atoms with E-state index in [1.807, 2.05) is 6.92 Å². The van der Waals surface area contributed by atoms with Gasteiger partial charge >= 0.3 is 6.36 Å². The Labute approximate surface area is 213 Å². The van der Waals surface area contributed by atoms with Crippen LogP contribution in [0.2, 0.25) is 0 Å². The van der Waals surface area contributed by atoms with Crippen molar-refractivity contribution in [2.24, 2.45) is 0 Å². The number of hydrogen-bond donors (Lipinski definition) is 2. The van der Waals surface area contributed by atoms with E-state index in [4.69, 9.17) is 4.74 Å². The Morgan fingerprint density at radius 1 is 1.11 bits per heavy atom. The number of halogens is 4. The molecule has 0 bridgehead atoms. The lowest BCUT2D eigenvalue weighted by atomic mass is 9.84. The van der Waals surface area contributed by atoms with Gasteiger partial charge in [-0.05, 0) is 62.4 Å².